The molecule has 4 aromatic rings. The number of aromatic nitrogens is 1. The minimum absolute atomic E-state index is 0.0216. The highest BCUT2D eigenvalue weighted by atomic mass is 32.1. The Balaban J connectivity index is 1.85. The summed E-state index contributed by atoms with van der Waals surface area (Å²) in [4.78, 5) is 41.0. The van der Waals surface area contributed by atoms with E-state index in [1.807, 2.05) is 19.1 Å². The lowest BCUT2D eigenvalue weighted by molar-refractivity contribution is -0.122. The Kier molecular flexibility index (Phi) is 7.91. The number of nitrogens with two attached hydrogens (primary N) is 2. The van der Waals surface area contributed by atoms with Crippen molar-refractivity contribution in [1.29, 1.82) is 0 Å². The zero-order valence-electron chi connectivity index (χ0n) is 21.1. The fourth-order valence-electron chi connectivity index (χ4n) is 4.05. The summed E-state index contributed by atoms with van der Waals surface area (Å²) in [7, 11) is 0. The van der Waals surface area contributed by atoms with E-state index < -0.39 is 29.6 Å². The summed E-state index contributed by atoms with van der Waals surface area (Å²) in [6.45, 7) is 3.71. The van der Waals surface area contributed by atoms with Gasteiger partial charge in [-0.05, 0) is 78.0 Å². The lowest BCUT2D eigenvalue weighted by Gasteiger charge is -2.32. The van der Waals surface area contributed by atoms with Crippen LogP contribution in [-0.2, 0) is 11.3 Å². The summed E-state index contributed by atoms with van der Waals surface area (Å²) in [6, 6.07) is 15.8. The number of phenolic OH excluding ortho intramolecular Hbond substituents is 1. The fraction of sp³-hybridized carbons (Fsp3) is 0.143. The molecule has 39 heavy (non-hydrogen) atoms. The van der Waals surface area contributed by atoms with Crippen molar-refractivity contribution >= 4 is 40.6 Å². The number of halogens is 1. The first kappa shape index (κ1) is 27.3. The van der Waals surface area contributed by atoms with Gasteiger partial charge in [-0.15, -0.1) is 0 Å². The first-order chi connectivity index (χ1) is 18.6. The molecule has 0 saturated heterocycles. The first-order valence-corrected chi connectivity index (χ1v) is 12.6. The van der Waals surface area contributed by atoms with Crippen LogP contribution >= 0.6 is 11.5 Å². The maximum Gasteiger partial charge on any atom is 0.273 e. The van der Waals surface area contributed by atoms with Crippen molar-refractivity contribution in [2.45, 2.75) is 26.4 Å². The van der Waals surface area contributed by atoms with E-state index in [4.69, 9.17) is 11.5 Å². The standard InChI is InChI=1S/C28H26FN5O4S/c1-15-3-4-16(2)21(13-15)34(28(38)25-22(30)23(26(31)36)33-39-25)24(18-7-11-20(35)12-8-18)27(37)32-14-17-5-9-19(29)10-6-17/h3-13,24,35H,14,30H2,1-2H3,(H2,31,36)(H,32,37)/t24-/m1/s1. The summed E-state index contributed by atoms with van der Waals surface area (Å²) < 4.78 is 17.3. The maximum absolute atomic E-state index is 14.2. The van der Waals surface area contributed by atoms with E-state index in [9.17, 15) is 23.9 Å². The molecule has 0 aliphatic rings. The Labute approximate surface area is 228 Å². The molecule has 0 radical (unpaired) electrons. The SMILES string of the molecule is Cc1ccc(C)c(N(C(=O)c2snc(C(N)=O)c2N)[C@@H](C(=O)NCc2ccc(F)cc2)c2ccc(O)cc2)c1. The Morgan fingerprint density at radius 1 is 1.05 bits per heavy atom. The van der Waals surface area contributed by atoms with Crippen molar-refractivity contribution in [1.82, 2.24) is 9.69 Å². The minimum atomic E-state index is -1.22. The Bertz CT molecular complexity index is 1540. The molecule has 0 aliphatic carbocycles. The van der Waals surface area contributed by atoms with E-state index >= 15 is 0 Å². The number of primary amides is 1. The molecule has 1 aromatic heterocycles. The molecule has 9 nitrogen and oxygen atoms in total. The number of aryl methyl sites for hydroxylation is 2. The number of benzene rings is 3. The van der Waals surface area contributed by atoms with E-state index in [2.05, 4.69) is 9.69 Å². The molecule has 200 valence electrons. The summed E-state index contributed by atoms with van der Waals surface area (Å²) in [5.74, 6) is -2.52. The molecule has 1 heterocycles. The van der Waals surface area contributed by atoms with Gasteiger partial charge >= 0.3 is 0 Å². The van der Waals surface area contributed by atoms with Crippen LogP contribution < -0.4 is 21.7 Å². The molecule has 0 saturated carbocycles. The molecule has 0 bridgehead atoms. The van der Waals surface area contributed by atoms with Crippen LogP contribution in [0.3, 0.4) is 0 Å². The molecule has 1 atom stereocenters. The first-order valence-electron chi connectivity index (χ1n) is 11.8. The average Bonchev–Trinajstić information content (AvgIpc) is 3.30. The smallest absolute Gasteiger partial charge is 0.273 e. The zero-order chi connectivity index (χ0) is 28.3. The summed E-state index contributed by atoms with van der Waals surface area (Å²) in [5, 5.41) is 12.7. The highest BCUT2D eigenvalue weighted by Crippen LogP contribution is 2.35. The van der Waals surface area contributed by atoms with Gasteiger partial charge < -0.3 is 21.9 Å². The van der Waals surface area contributed by atoms with Crippen molar-refractivity contribution in [2.75, 3.05) is 10.6 Å². The van der Waals surface area contributed by atoms with Crippen LogP contribution in [0.1, 0.15) is 48.5 Å². The van der Waals surface area contributed by atoms with Gasteiger partial charge in [0.25, 0.3) is 11.8 Å². The number of nitrogens with zero attached hydrogens (tertiary/aromatic N) is 2. The number of hydrogen-bond acceptors (Lipinski definition) is 7. The lowest BCUT2D eigenvalue weighted by Crippen LogP contribution is -2.44. The van der Waals surface area contributed by atoms with Crippen LogP contribution in [0.5, 0.6) is 5.75 Å². The number of rotatable bonds is 8. The predicted molar refractivity (Wildman–Crippen MR) is 147 cm³/mol. The van der Waals surface area contributed by atoms with Gasteiger partial charge in [-0.25, -0.2) is 4.39 Å². The third-order valence-electron chi connectivity index (χ3n) is 6.09. The van der Waals surface area contributed by atoms with Gasteiger partial charge in [0.2, 0.25) is 5.91 Å². The Morgan fingerprint density at radius 2 is 1.72 bits per heavy atom. The topological polar surface area (TPSA) is 152 Å². The molecule has 11 heteroatoms. The molecule has 0 spiro atoms. The molecular formula is C28H26FN5O4S. The average molecular weight is 548 g/mol. The molecule has 3 amide bonds. The molecule has 4 rings (SSSR count). The van der Waals surface area contributed by atoms with E-state index in [1.54, 1.807) is 25.1 Å². The number of nitrogens with one attached hydrogen (secondary N) is 1. The predicted octanol–water partition coefficient (Wildman–Crippen LogP) is 3.99. The third kappa shape index (κ3) is 5.88. The van der Waals surface area contributed by atoms with Crippen LogP contribution in [-0.4, -0.2) is 27.2 Å². The number of carbonyl (C=O) groups excluding carboxylic acids is 3. The molecule has 0 unspecified atom stereocenters. The van der Waals surface area contributed by atoms with Gasteiger partial charge in [-0.3, -0.25) is 19.3 Å². The van der Waals surface area contributed by atoms with Crippen LogP contribution in [0, 0.1) is 19.7 Å². The monoisotopic (exact) mass is 547 g/mol. The second-order valence-corrected chi connectivity index (χ2v) is 9.72. The normalized spacial score (nSPS) is 11.6. The number of carbonyl (C=O) groups is 3. The number of amides is 3. The fourth-order valence-corrected chi connectivity index (χ4v) is 4.79. The molecule has 0 aliphatic heterocycles. The van der Waals surface area contributed by atoms with E-state index in [-0.39, 0.29) is 28.6 Å². The van der Waals surface area contributed by atoms with Crippen LogP contribution in [0.15, 0.2) is 66.7 Å². The quantitative estimate of drug-likeness (QED) is 0.262. The lowest BCUT2D eigenvalue weighted by atomic mass is 10.00. The minimum Gasteiger partial charge on any atom is -0.508 e. The van der Waals surface area contributed by atoms with Crippen molar-refractivity contribution in [3.63, 3.8) is 0 Å². The Hall–Kier alpha value is -4.77. The number of aromatic hydroxyl groups is 1. The molecule has 6 N–H and O–H groups in total. The van der Waals surface area contributed by atoms with Gasteiger partial charge in [0.15, 0.2) is 5.69 Å². The van der Waals surface area contributed by atoms with Crippen molar-refractivity contribution in [3.8, 4) is 5.75 Å². The molecule has 3 aromatic carbocycles. The highest BCUT2D eigenvalue weighted by molar-refractivity contribution is 7.09. The van der Waals surface area contributed by atoms with Gasteiger partial charge in [-0.2, -0.15) is 4.37 Å². The number of anilines is 2. The van der Waals surface area contributed by atoms with Gasteiger partial charge in [0.1, 0.15) is 22.5 Å². The van der Waals surface area contributed by atoms with Crippen molar-refractivity contribution < 1.29 is 23.9 Å². The van der Waals surface area contributed by atoms with Crippen molar-refractivity contribution in [2.24, 2.45) is 5.73 Å². The van der Waals surface area contributed by atoms with Crippen molar-refractivity contribution in [3.05, 3.63) is 105 Å². The zero-order valence-corrected chi connectivity index (χ0v) is 22.0. The van der Waals surface area contributed by atoms with Gasteiger partial charge in [0.05, 0.1) is 5.69 Å². The Morgan fingerprint density at radius 3 is 2.33 bits per heavy atom. The summed E-state index contributed by atoms with van der Waals surface area (Å²) in [5.41, 5.74) is 14.1. The third-order valence-corrected chi connectivity index (χ3v) is 6.94. The van der Waals surface area contributed by atoms with Crippen LogP contribution in [0.4, 0.5) is 15.8 Å². The molecule has 0 fully saturated rings. The second kappa shape index (κ2) is 11.3. The van der Waals surface area contributed by atoms with Gasteiger partial charge in [-0.1, -0.05) is 36.4 Å². The molecular weight excluding hydrogens is 521 g/mol. The largest absolute Gasteiger partial charge is 0.508 e. The van der Waals surface area contributed by atoms with E-state index in [0.29, 0.717) is 33.9 Å². The maximum atomic E-state index is 14.2. The highest BCUT2D eigenvalue weighted by Gasteiger charge is 2.36. The number of phenols is 1. The van der Waals surface area contributed by atoms with E-state index in [1.165, 1.54) is 41.3 Å². The number of hydrogen-bond donors (Lipinski definition) is 4. The second-order valence-electron chi connectivity index (χ2n) is 8.94. The van der Waals surface area contributed by atoms with Crippen LogP contribution in [0.25, 0.3) is 0 Å². The van der Waals surface area contributed by atoms with Gasteiger partial charge in [0, 0.05) is 12.2 Å². The number of nitrogen functional groups attached to an aromatic ring is 1. The van der Waals surface area contributed by atoms with E-state index in [0.717, 1.165) is 5.56 Å². The summed E-state index contributed by atoms with van der Waals surface area (Å²) >= 11 is 0.710. The van der Waals surface area contributed by atoms with Crippen LogP contribution in [0.2, 0.25) is 0 Å². The summed E-state index contributed by atoms with van der Waals surface area (Å²) in [6.07, 6.45) is 0.